The first-order valence-corrected chi connectivity index (χ1v) is 8.68. The number of anilines is 1. The molecule has 0 saturated heterocycles. The minimum absolute atomic E-state index is 0.112. The van der Waals surface area contributed by atoms with E-state index in [2.05, 4.69) is 10.3 Å². The molecule has 0 radical (unpaired) electrons. The summed E-state index contributed by atoms with van der Waals surface area (Å²) in [5.41, 5.74) is 3.30. The fourth-order valence-corrected chi connectivity index (χ4v) is 3.87. The van der Waals surface area contributed by atoms with Crippen LogP contribution in [-0.4, -0.2) is 10.9 Å². The summed E-state index contributed by atoms with van der Waals surface area (Å²) in [5.74, 6) is 1.23. The Labute approximate surface area is 147 Å². The van der Waals surface area contributed by atoms with Gasteiger partial charge in [-0.15, -0.1) is 11.3 Å². The van der Waals surface area contributed by atoms with Gasteiger partial charge in [-0.25, -0.2) is 4.98 Å². The maximum absolute atomic E-state index is 12.2. The molecule has 5 rings (SSSR count). The van der Waals surface area contributed by atoms with Gasteiger partial charge < -0.3 is 9.73 Å². The maximum Gasteiger partial charge on any atom is 0.256 e. The van der Waals surface area contributed by atoms with Crippen LogP contribution in [0.1, 0.15) is 11.3 Å². The van der Waals surface area contributed by atoms with Gasteiger partial charge in [-0.2, -0.15) is 0 Å². The van der Waals surface area contributed by atoms with Crippen LogP contribution in [0.4, 0.5) is 5.69 Å². The van der Waals surface area contributed by atoms with Gasteiger partial charge in [0.05, 0.1) is 15.8 Å². The zero-order chi connectivity index (χ0) is 16.8. The molecule has 4 aromatic rings. The third-order valence-corrected chi connectivity index (χ3v) is 5.18. The van der Waals surface area contributed by atoms with Gasteiger partial charge in [0, 0.05) is 11.3 Å². The number of thiazole rings is 1. The van der Waals surface area contributed by atoms with Crippen molar-refractivity contribution in [1.29, 1.82) is 0 Å². The fraction of sp³-hybridized carbons (Fsp3) is 0. The predicted molar refractivity (Wildman–Crippen MR) is 100 cm³/mol. The van der Waals surface area contributed by atoms with Gasteiger partial charge >= 0.3 is 0 Å². The summed E-state index contributed by atoms with van der Waals surface area (Å²) in [7, 11) is 0. The SMILES string of the molecule is O=C1Nc2ccccc2C1=Cc1ccc(-c2nc3ccccc3s2)o1. The molecule has 1 aliphatic rings. The first-order valence-electron chi connectivity index (χ1n) is 7.86. The van der Waals surface area contributed by atoms with Crippen molar-refractivity contribution >= 4 is 44.8 Å². The summed E-state index contributed by atoms with van der Waals surface area (Å²) >= 11 is 1.59. The van der Waals surface area contributed by atoms with E-state index in [-0.39, 0.29) is 5.91 Å². The zero-order valence-electron chi connectivity index (χ0n) is 13.0. The first-order chi connectivity index (χ1) is 12.3. The maximum atomic E-state index is 12.2. The lowest BCUT2D eigenvalue weighted by molar-refractivity contribution is -0.110. The van der Waals surface area contributed by atoms with Crippen molar-refractivity contribution in [2.45, 2.75) is 0 Å². The number of furan rings is 1. The van der Waals surface area contributed by atoms with Gasteiger partial charge in [-0.3, -0.25) is 4.79 Å². The van der Waals surface area contributed by atoms with Gasteiger partial charge in [0.25, 0.3) is 5.91 Å². The molecule has 0 spiro atoms. The predicted octanol–water partition coefficient (Wildman–Crippen LogP) is 5.05. The monoisotopic (exact) mass is 344 g/mol. The lowest BCUT2D eigenvalue weighted by Gasteiger charge is -1.96. The molecule has 5 heteroatoms. The molecule has 1 N–H and O–H groups in total. The average molecular weight is 344 g/mol. The second-order valence-electron chi connectivity index (χ2n) is 5.75. The number of amides is 1. The molecular weight excluding hydrogens is 332 g/mol. The molecular formula is C20H12N2O2S. The van der Waals surface area contributed by atoms with Gasteiger partial charge in [-0.05, 0) is 36.4 Å². The largest absolute Gasteiger partial charge is 0.454 e. The summed E-state index contributed by atoms with van der Waals surface area (Å²) in [4.78, 5) is 16.8. The average Bonchev–Trinajstić information content (AvgIpc) is 3.33. The van der Waals surface area contributed by atoms with Gasteiger partial charge in [0.15, 0.2) is 10.8 Å². The standard InChI is InChI=1S/C20H12N2O2S/c23-19-14(13-5-1-2-6-15(13)21-19)11-12-9-10-17(24-12)20-22-16-7-3-4-8-18(16)25-20/h1-11H,(H,21,23). The summed E-state index contributed by atoms with van der Waals surface area (Å²) in [5, 5.41) is 3.70. The van der Waals surface area contributed by atoms with Crippen molar-refractivity contribution in [3.05, 3.63) is 72.0 Å². The van der Waals surface area contributed by atoms with Crippen LogP contribution in [-0.2, 0) is 4.79 Å². The zero-order valence-corrected chi connectivity index (χ0v) is 13.8. The Morgan fingerprint density at radius 2 is 1.84 bits per heavy atom. The fourth-order valence-electron chi connectivity index (χ4n) is 2.95. The number of benzene rings is 2. The van der Waals surface area contributed by atoms with E-state index in [0.717, 1.165) is 26.5 Å². The second kappa shape index (κ2) is 5.43. The molecule has 0 atom stereocenters. The number of nitrogens with one attached hydrogen (secondary N) is 1. The molecule has 0 bridgehead atoms. The van der Waals surface area contributed by atoms with Crippen LogP contribution in [0.2, 0.25) is 0 Å². The molecule has 0 fully saturated rings. The summed E-state index contributed by atoms with van der Waals surface area (Å²) in [6, 6.07) is 19.4. The van der Waals surface area contributed by atoms with Crippen LogP contribution < -0.4 is 5.32 Å². The summed E-state index contributed by atoms with van der Waals surface area (Å²) < 4.78 is 7.04. The molecule has 2 aromatic carbocycles. The molecule has 25 heavy (non-hydrogen) atoms. The van der Waals surface area contributed by atoms with Gasteiger partial charge in [0.2, 0.25) is 0 Å². The number of hydrogen-bond donors (Lipinski definition) is 1. The molecule has 2 aromatic heterocycles. The number of nitrogens with zero attached hydrogens (tertiary/aromatic N) is 1. The molecule has 0 aliphatic carbocycles. The quantitative estimate of drug-likeness (QED) is 0.518. The number of carbonyl (C=O) groups excluding carboxylic acids is 1. The Balaban J connectivity index is 1.54. The van der Waals surface area contributed by atoms with Crippen molar-refractivity contribution in [1.82, 2.24) is 4.98 Å². The van der Waals surface area contributed by atoms with E-state index in [1.54, 1.807) is 17.4 Å². The van der Waals surface area contributed by atoms with Crippen LogP contribution >= 0.6 is 11.3 Å². The number of hydrogen-bond acceptors (Lipinski definition) is 4. The third kappa shape index (κ3) is 2.37. The minimum atomic E-state index is -0.112. The number of rotatable bonds is 2. The lowest BCUT2D eigenvalue weighted by Crippen LogP contribution is -2.03. The second-order valence-corrected chi connectivity index (χ2v) is 6.78. The smallest absolute Gasteiger partial charge is 0.256 e. The lowest BCUT2D eigenvalue weighted by atomic mass is 10.1. The highest BCUT2D eigenvalue weighted by molar-refractivity contribution is 7.21. The van der Waals surface area contributed by atoms with Crippen molar-refractivity contribution in [3.63, 3.8) is 0 Å². The Bertz CT molecular complexity index is 1120. The van der Waals surface area contributed by atoms with Crippen LogP contribution in [0, 0.1) is 0 Å². The van der Waals surface area contributed by atoms with E-state index < -0.39 is 0 Å². The van der Waals surface area contributed by atoms with Crippen molar-refractivity contribution in [2.75, 3.05) is 5.32 Å². The molecule has 0 saturated carbocycles. The van der Waals surface area contributed by atoms with Crippen LogP contribution in [0.3, 0.4) is 0 Å². The van der Waals surface area contributed by atoms with E-state index >= 15 is 0 Å². The van der Waals surface area contributed by atoms with Crippen molar-refractivity contribution in [2.24, 2.45) is 0 Å². The van der Waals surface area contributed by atoms with Crippen molar-refractivity contribution < 1.29 is 9.21 Å². The Morgan fingerprint density at radius 3 is 2.76 bits per heavy atom. The number of fused-ring (bicyclic) bond motifs is 2. The Kier molecular flexibility index (Phi) is 3.08. The number of aromatic nitrogens is 1. The van der Waals surface area contributed by atoms with Crippen LogP contribution in [0.15, 0.2) is 65.1 Å². The molecule has 4 nitrogen and oxygen atoms in total. The Hall–Kier alpha value is -3.18. The molecule has 1 amide bonds. The topological polar surface area (TPSA) is 55.1 Å². The van der Waals surface area contributed by atoms with E-state index in [4.69, 9.17) is 4.42 Å². The normalized spacial score (nSPS) is 14.9. The van der Waals surface area contributed by atoms with Crippen LogP contribution in [0.5, 0.6) is 0 Å². The van der Waals surface area contributed by atoms with Crippen LogP contribution in [0.25, 0.3) is 32.6 Å². The highest BCUT2D eigenvalue weighted by Crippen LogP contribution is 2.35. The molecule has 3 heterocycles. The highest BCUT2D eigenvalue weighted by atomic mass is 32.1. The molecule has 0 unspecified atom stereocenters. The molecule has 120 valence electrons. The highest BCUT2D eigenvalue weighted by Gasteiger charge is 2.23. The van der Waals surface area contributed by atoms with E-state index in [1.165, 1.54) is 0 Å². The van der Waals surface area contributed by atoms with Gasteiger partial charge in [0.1, 0.15) is 5.76 Å². The summed E-state index contributed by atoms with van der Waals surface area (Å²) in [6.45, 7) is 0. The number of carbonyl (C=O) groups is 1. The Morgan fingerprint density at radius 1 is 1.00 bits per heavy atom. The van der Waals surface area contributed by atoms with Crippen molar-refractivity contribution in [3.8, 4) is 10.8 Å². The van der Waals surface area contributed by atoms with Gasteiger partial charge in [-0.1, -0.05) is 30.3 Å². The van der Waals surface area contributed by atoms with E-state index in [0.29, 0.717) is 17.1 Å². The minimum Gasteiger partial charge on any atom is -0.454 e. The van der Waals surface area contributed by atoms with E-state index in [9.17, 15) is 4.79 Å². The molecule has 1 aliphatic heterocycles. The van der Waals surface area contributed by atoms with E-state index in [1.807, 2.05) is 60.7 Å². The first kappa shape index (κ1) is 14.2. The summed E-state index contributed by atoms with van der Waals surface area (Å²) in [6.07, 6.45) is 1.78. The third-order valence-electron chi connectivity index (χ3n) is 4.13. The number of para-hydroxylation sites is 2.